The van der Waals surface area contributed by atoms with Gasteiger partial charge in [-0.15, -0.1) is 0 Å². The molecule has 0 aromatic heterocycles. The molecule has 12 heteroatoms. The monoisotopic (exact) mass is 1130 g/mol. The summed E-state index contributed by atoms with van der Waals surface area (Å²) in [4.78, 5) is 19.3. The Morgan fingerprint density at radius 2 is 0.474 bits per heavy atom. The van der Waals surface area contributed by atoms with E-state index >= 15 is 0 Å². The predicted molar refractivity (Wildman–Crippen MR) is 318 cm³/mol. The van der Waals surface area contributed by atoms with Gasteiger partial charge in [-0.1, -0.05) is 191 Å². The third kappa shape index (κ3) is 8.98. The fourth-order valence-corrected chi connectivity index (χ4v) is 19.6. The fraction of sp³-hybridized carbons (Fsp3) is 0.0625. The minimum atomic E-state index is -0.136. The molecule has 0 radical (unpaired) electrons. The lowest BCUT2D eigenvalue weighted by Crippen LogP contribution is -2.07. The van der Waals surface area contributed by atoms with Crippen LogP contribution in [0.5, 0.6) is 11.5 Å². The molecular weight excluding hydrogens is 1090 g/mol. The average Bonchev–Trinajstić information content (AvgIpc) is 3.48. The van der Waals surface area contributed by atoms with Crippen LogP contribution in [0.15, 0.2) is 272 Å². The molecule has 4 nitrogen and oxygen atoms in total. The van der Waals surface area contributed by atoms with Gasteiger partial charge in [-0.3, -0.25) is 0 Å². The van der Waals surface area contributed by atoms with Crippen molar-refractivity contribution in [2.24, 2.45) is 0 Å². The smallest absolute Gasteiger partial charge is 0.135 e. The van der Waals surface area contributed by atoms with Gasteiger partial charge in [0.15, 0.2) is 0 Å². The predicted octanol–water partition coefficient (Wildman–Crippen LogP) is 19.2. The highest BCUT2D eigenvalue weighted by molar-refractivity contribution is 8.06. The van der Waals surface area contributed by atoms with Gasteiger partial charge >= 0.3 is 0 Å². The second kappa shape index (κ2) is 21.1. The van der Waals surface area contributed by atoms with Crippen molar-refractivity contribution in [3.8, 4) is 67.1 Å². The average molecular weight is 1130 g/mol. The number of benzene rings is 10. The molecule has 0 fully saturated rings. The van der Waals surface area contributed by atoms with Crippen LogP contribution in [0.4, 0.5) is 0 Å². The van der Waals surface area contributed by atoms with Gasteiger partial charge in [0.2, 0.25) is 0 Å². The van der Waals surface area contributed by atoms with E-state index in [0.29, 0.717) is 0 Å². The highest BCUT2D eigenvalue weighted by Gasteiger charge is 2.31. The Balaban J connectivity index is 1.06. The van der Waals surface area contributed by atoms with E-state index < -0.39 is 0 Å². The summed E-state index contributed by atoms with van der Waals surface area (Å²) >= 11 is 14.4. The summed E-state index contributed by atoms with van der Waals surface area (Å²) in [5, 5.41) is 21.1. The largest absolute Gasteiger partial charge is 0.490 e. The van der Waals surface area contributed by atoms with E-state index in [0.717, 1.165) is 67.1 Å². The maximum atomic E-state index is 10.6. The van der Waals surface area contributed by atoms with E-state index in [9.17, 15) is 10.2 Å². The first-order valence-corrected chi connectivity index (χ1v) is 31.3. The van der Waals surface area contributed by atoms with Crippen molar-refractivity contribution in [2.75, 3.05) is 26.4 Å². The summed E-state index contributed by atoms with van der Waals surface area (Å²) in [5.41, 5.74) is 10.1. The van der Waals surface area contributed by atoms with E-state index in [1.54, 1.807) is 94.1 Å². The van der Waals surface area contributed by atoms with Crippen LogP contribution in [-0.4, -0.2) is 36.6 Å². The summed E-state index contributed by atoms with van der Waals surface area (Å²) in [6, 6.07) is 70.2. The normalized spacial score (nSPS) is 13.4. The molecule has 0 aliphatic carbocycles. The highest BCUT2D eigenvalue weighted by atomic mass is 32.2. The molecule has 14 rings (SSSR count). The Bertz CT molecular complexity index is 3470. The summed E-state index contributed by atoms with van der Waals surface area (Å²) in [5.74, 6) is 1.45. The van der Waals surface area contributed by atoms with Gasteiger partial charge in [0, 0.05) is 123 Å². The van der Waals surface area contributed by atoms with Crippen molar-refractivity contribution in [1.82, 2.24) is 0 Å². The molecule has 10 aromatic rings. The lowest BCUT2D eigenvalue weighted by Gasteiger charge is -2.27. The fourth-order valence-electron chi connectivity index (χ4n) is 10.0. The summed E-state index contributed by atoms with van der Waals surface area (Å²) in [7, 11) is 0. The first kappa shape index (κ1) is 48.9. The number of hydrogen-bond donors (Lipinski definition) is 2. The molecule has 0 spiro atoms. The lowest BCUT2D eigenvalue weighted by atomic mass is 9.88. The zero-order valence-corrected chi connectivity index (χ0v) is 46.8. The molecule has 0 saturated heterocycles. The number of fused-ring (bicyclic) bond motifs is 8. The summed E-state index contributed by atoms with van der Waals surface area (Å²) in [6.45, 7) is -0.0226. The van der Waals surface area contributed by atoms with Gasteiger partial charge in [-0.25, -0.2) is 0 Å². The standard InChI is InChI=1S/C64H42O4S8/c65-29-31-67-59-43(39-13-9-25-55-61(39)73-51-21-5-1-17-47(51)69-55)33-37(34-44(59)40-14-10-26-56-62(40)74-52-22-6-2-18-48(52)70-56)38-35-45(41-15-11-27-57-63(41)75-53-23-7-3-19-49(53)71-57)60(68-32-30-66)46(36-38)42-16-12-28-58-64(42)76-54-24-8-4-20-50(54)72-58/h1-28,33-36,65-66H,29-32H2. The van der Waals surface area contributed by atoms with Crippen molar-refractivity contribution in [3.05, 3.63) is 194 Å². The number of aliphatic hydroxyl groups excluding tert-OH is 2. The summed E-state index contributed by atoms with van der Waals surface area (Å²) in [6.07, 6.45) is 0. The first-order chi connectivity index (χ1) is 37.6. The number of rotatable bonds is 11. The van der Waals surface area contributed by atoms with E-state index in [1.165, 1.54) is 78.3 Å². The molecule has 0 bridgehead atoms. The maximum Gasteiger partial charge on any atom is 0.135 e. The van der Waals surface area contributed by atoms with Crippen molar-refractivity contribution < 1.29 is 19.7 Å². The Hall–Kier alpha value is -5.48. The SMILES string of the molecule is OCCOc1c(-c2cccc3c2Sc2ccccc2S3)cc(-c2cc(-c3cccc4c3Sc3ccccc3S4)c(OCCO)c(-c3cccc4c3Sc3ccccc3S4)c2)cc1-c1cccc2c1Sc1ccccc1S2. The molecule has 0 saturated carbocycles. The molecule has 2 N–H and O–H groups in total. The highest BCUT2D eigenvalue weighted by Crippen LogP contribution is 2.60. The quantitative estimate of drug-likeness (QED) is 0.130. The van der Waals surface area contributed by atoms with Crippen LogP contribution in [0, 0.1) is 0 Å². The van der Waals surface area contributed by atoms with Gasteiger partial charge < -0.3 is 19.7 Å². The molecule has 10 aromatic carbocycles. The van der Waals surface area contributed by atoms with Crippen LogP contribution >= 0.6 is 94.1 Å². The van der Waals surface area contributed by atoms with Crippen LogP contribution in [0.3, 0.4) is 0 Å². The molecule has 76 heavy (non-hydrogen) atoms. The Morgan fingerprint density at radius 3 is 0.711 bits per heavy atom. The van der Waals surface area contributed by atoms with Crippen molar-refractivity contribution in [2.45, 2.75) is 78.3 Å². The third-order valence-electron chi connectivity index (χ3n) is 13.4. The van der Waals surface area contributed by atoms with Gasteiger partial charge in [-0.05, 0) is 108 Å². The Labute approximate surface area is 475 Å². The van der Waals surface area contributed by atoms with Gasteiger partial charge in [0.1, 0.15) is 24.7 Å². The van der Waals surface area contributed by atoms with Crippen LogP contribution in [0.1, 0.15) is 0 Å². The van der Waals surface area contributed by atoms with Crippen LogP contribution in [-0.2, 0) is 0 Å². The van der Waals surface area contributed by atoms with E-state index in [2.05, 4.69) is 194 Å². The van der Waals surface area contributed by atoms with Crippen molar-refractivity contribution >= 4 is 94.1 Å². The first-order valence-electron chi connectivity index (χ1n) is 24.7. The molecule has 370 valence electrons. The second-order valence-electron chi connectivity index (χ2n) is 18.1. The Morgan fingerprint density at radius 1 is 0.250 bits per heavy atom. The Kier molecular flexibility index (Phi) is 13.5. The zero-order chi connectivity index (χ0) is 50.7. The zero-order valence-electron chi connectivity index (χ0n) is 40.3. The van der Waals surface area contributed by atoms with Gasteiger partial charge in [0.05, 0.1) is 13.2 Å². The molecule has 4 aliphatic rings. The maximum absolute atomic E-state index is 10.6. The number of hydrogen-bond acceptors (Lipinski definition) is 12. The molecule has 0 atom stereocenters. The minimum absolute atomic E-state index is 0.125. The second-order valence-corrected chi connectivity index (χ2v) is 26.6. The van der Waals surface area contributed by atoms with E-state index in [4.69, 9.17) is 9.47 Å². The molecular formula is C64H42O4S8. The van der Waals surface area contributed by atoms with E-state index in [-0.39, 0.29) is 26.4 Å². The van der Waals surface area contributed by atoms with E-state index in [1.807, 2.05) is 0 Å². The topological polar surface area (TPSA) is 58.9 Å². The van der Waals surface area contributed by atoms with Crippen molar-refractivity contribution in [1.29, 1.82) is 0 Å². The molecule has 0 unspecified atom stereocenters. The summed E-state index contributed by atoms with van der Waals surface area (Å²) < 4.78 is 13.9. The van der Waals surface area contributed by atoms with Crippen LogP contribution in [0.25, 0.3) is 55.6 Å². The van der Waals surface area contributed by atoms with Crippen LogP contribution < -0.4 is 9.47 Å². The van der Waals surface area contributed by atoms with Gasteiger partial charge in [-0.2, -0.15) is 0 Å². The minimum Gasteiger partial charge on any atom is -0.490 e. The molecule has 4 heterocycles. The number of aliphatic hydroxyl groups is 2. The van der Waals surface area contributed by atoms with Crippen molar-refractivity contribution in [3.63, 3.8) is 0 Å². The third-order valence-corrected chi connectivity index (χ3v) is 23.8. The molecule has 4 aliphatic heterocycles. The van der Waals surface area contributed by atoms with Gasteiger partial charge in [0.25, 0.3) is 0 Å². The van der Waals surface area contributed by atoms with Crippen LogP contribution in [0.2, 0.25) is 0 Å². The number of ether oxygens (including phenoxy) is 2. The molecule has 0 amide bonds. The lowest BCUT2D eigenvalue weighted by molar-refractivity contribution is 0.202.